The molecule has 0 aliphatic rings. The first-order valence-corrected chi connectivity index (χ1v) is 17.1. The molecule has 0 atom stereocenters. The smallest absolute Gasteiger partial charge is 0.165 e. The van der Waals surface area contributed by atoms with Crippen LogP contribution < -0.4 is 0 Å². The Morgan fingerprint density at radius 2 is 0.882 bits per heavy atom. The first-order valence-electron chi connectivity index (χ1n) is 17.1. The van der Waals surface area contributed by atoms with Crippen LogP contribution >= 0.6 is 0 Å². The van der Waals surface area contributed by atoms with Crippen molar-refractivity contribution in [1.82, 2.24) is 15.0 Å². The first-order chi connectivity index (χ1) is 25.3. The van der Waals surface area contributed by atoms with E-state index in [4.69, 9.17) is 19.4 Å². The Kier molecular flexibility index (Phi) is 6.78. The molecule has 0 N–H and O–H groups in total. The number of rotatable bonds is 5. The van der Waals surface area contributed by atoms with Gasteiger partial charge in [0.2, 0.25) is 0 Å². The van der Waals surface area contributed by atoms with Gasteiger partial charge in [0, 0.05) is 33.0 Å². The largest absolute Gasteiger partial charge is 0.455 e. The first kappa shape index (κ1) is 29.0. The molecule has 2 aromatic heterocycles. The molecule has 2 heterocycles. The molecule has 8 aromatic carbocycles. The van der Waals surface area contributed by atoms with Crippen molar-refractivity contribution in [3.05, 3.63) is 176 Å². The van der Waals surface area contributed by atoms with E-state index in [2.05, 4.69) is 140 Å². The summed E-state index contributed by atoms with van der Waals surface area (Å²) in [6, 6.07) is 60.9. The lowest BCUT2D eigenvalue weighted by molar-refractivity contribution is 0.670. The number of furan rings is 1. The molecule has 0 amide bonds. The molecular weight excluding hydrogens is 623 g/mol. The highest BCUT2D eigenvalue weighted by atomic mass is 16.3. The molecule has 4 nitrogen and oxygen atoms in total. The zero-order valence-electron chi connectivity index (χ0n) is 27.5. The van der Waals surface area contributed by atoms with Crippen LogP contribution in [0.4, 0.5) is 0 Å². The third kappa shape index (κ3) is 4.88. The molecule has 0 saturated heterocycles. The summed E-state index contributed by atoms with van der Waals surface area (Å²) in [6.07, 6.45) is 0. The van der Waals surface area contributed by atoms with E-state index in [-0.39, 0.29) is 0 Å². The third-order valence-electron chi connectivity index (χ3n) is 9.76. The molecule has 238 valence electrons. The summed E-state index contributed by atoms with van der Waals surface area (Å²) in [4.78, 5) is 15.7. The fourth-order valence-electron chi connectivity index (χ4n) is 7.38. The summed E-state index contributed by atoms with van der Waals surface area (Å²) in [5, 5.41) is 6.60. The summed E-state index contributed by atoms with van der Waals surface area (Å²) < 4.78 is 6.48. The van der Waals surface area contributed by atoms with Gasteiger partial charge in [-0.3, -0.25) is 0 Å². The SMILES string of the molecule is c1ccc(-c2nc(-c3c(-c4ccccc4)ccc4ccccc34)nc(-c3ccc(-c4cccc5c4oc4ccccc45)c4ccccc34)n2)cc1. The van der Waals surface area contributed by atoms with Crippen molar-refractivity contribution in [1.29, 1.82) is 0 Å². The Balaban J connectivity index is 1.24. The van der Waals surface area contributed by atoms with Crippen LogP contribution in [-0.4, -0.2) is 15.0 Å². The number of benzene rings is 8. The Morgan fingerprint density at radius 1 is 0.314 bits per heavy atom. The normalized spacial score (nSPS) is 11.5. The molecule has 10 aromatic rings. The van der Waals surface area contributed by atoms with Crippen LogP contribution in [0.3, 0.4) is 0 Å². The van der Waals surface area contributed by atoms with Gasteiger partial charge < -0.3 is 4.42 Å². The van der Waals surface area contributed by atoms with E-state index in [1.807, 2.05) is 36.4 Å². The van der Waals surface area contributed by atoms with Gasteiger partial charge >= 0.3 is 0 Å². The van der Waals surface area contributed by atoms with Crippen LogP contribution in [0.1, 0.15) is 0 Å². The van der Waals surface area contributed by atoms with Gasteiger partial charge in [0.25, 0.3) is 0 Å². The summed E-state index contributed by atoms with van der Waals surface area (Å²) in [5.74, 6) is 1.88. The van der Waals surface area contributed by atoms with Crippen molar-refractivity contribution in [3.63, 3.8) is 0 Å². The van der Waals surface area contributed by atoms with Crippen molar-refractivity contribution in [2.45, 2.75) is 0 Å². The summed E-state index contributed by atoms with van der Waals surface area (Å²) >= 11 is 0. The molecule has 0 aliphatic carbocycles. The van der Waals surface area contributed by atoms with Crippen LogP contribution in [-0.2, 0) is 0 Å². The number of hydrogen-bond donors (Lipinski definition) is 0. The Hall–Kier alpha value is -6.91. The van der Waals surface area contributed by atoms with Gasteiger partial charge in [-0.05, 0) is 50.4 Å². The number of nitrogens with zero attached hydrogens (tertiary/aromatic N) is 3. The lowest BCUT2D eigenvalue weighted by Crippen LogP contribution is -2.02. The summed E-state index contributed by atoms with van der Waals surface area (Å²) in [6.45, 7) is 0. The van der Waals surface area contributed by atoms with Crippen LogP contribution in [0, 0.1) is 0 Å². The molecule has 0 aliphatic heterocycles. The predicted octanol–water partition coefficient (Wildman–Crippen LogP) is 12.4. The molecule has 0 unspecified atom stereocenters. The summed E-state index contributed by atoms with van der Waals surface area (Å²) in [7, 11) is 0. The predicted molar refractivity (Wildman–Crippen MR) is 209 cm³/mol. The summed E-state index contributed by atoms with van der Waals surface area (Å²) in [5.41, 5.74) is 8.95. The van der Waals surface area contributed by atoms with Gasteiger partial charge in [0.1, 0.15) is 11.2 Å². The zero-order valence-corrected chi connectivity index (χ0v) is 27.5. The van der Waals surface area contributed by atoms with Crippen molar-refractivity contribution in [2.24, 2.45) is 0 Å². The van der Waals surface area contributed by atoms with Gasteiger partial charge in [0.15, 0.2) is 17.5 Å². The fourth-order valence-corrected chi connectivity index (χ4v) is 7.38. The van der Waals surface area contributed by atoms with E-state index < -0.39 is 0 Å². The molecule has 0 saturated carbocycles. The monoisotopic (exact) mass is 651 g/mol. The average Bonchev–Trinajstić information content (AvgIpc) is 3.60. The molecule has 0 fully saturated rings. The maximum absolute atomic E-state index is 6.48. The fraction of sp³-hybridized carbons (Fsp3) is 0. The number of aromatic nitrogens is 3. The number of hydrogen-bond acceptors (Lipinski definition) is 4. The molecular formula is C47H29N3O. The highest BCUT2D eigenvalue weighted by molar-refractivity contribution is 6.13. The topological polar surface area (TPSA) is 51.8 Å². The van der Waals surface area contributed by atoms with E-state index in [0.29, 0.717) is 17.5 Å². The third-order valence-corrected chi connectivity index (χ3v) is 9.76. The number of fused-ring (bicyclic) bond motifs is 5. The van der Waals surface area contributed by atoms with Gasteiger partial charge in [-0.25, -0.2) is 15.0 Å². The molecule has 10 rings (SSSR count). The van der Waals surface area contributed by atoms with Crippen molar-refractivity contribution < 1.29 is 4.42 Å². The van der Waals surface area contributed by atoms with Gasteiger partial charge in [-0.1, -0.05) is 164 Å². The quantitative estimate of drug-likeness (QED) is 0.186. The van der Waals surface area contributed by atoms with E-state index in [0.717, 1.165) is 82.4 Å². The van der Waals surface area contributed by atoms with Crippen LogP contribution in [0.5, 0.6) is 0 Å². The average molecular weight is 652 g/mol. The highest BCUT2D eigenvalue weighted by Crippen LogP contribution is 2.42. The molecule has 0 radical (unpaired) electrons. The second-order valence-corrected chi connectivity index (χ2v) is 12.7. The van der Waals surface area contributed by atoms with Crippen LogP contribution in [0.15, 0.2) is 180 Å². The minimum atomic E-state index is 0.621. The van der Waals surface area contributed by atoms with Crippen molar-refractivity contribution in [3.8, 4) is 56.4 Å². The van der Waals surface area contributed by atoms with E-state index in [1.54, 1.807) is 0 Å². The van der Waals surface area contributed by atoms with E-state index in [1.165, 1.54) is 0 Å². The minimum Gasteiger partial charge on any atom is -0.455 e. The van der Waals surface area contributed by atoms with Crippen LogP contribution in [0.2, 0.25) is 0 Å². The molecule has 0 spiro atoms. The Morgan fingerprint density at radius 3 is 1.69 bits per heavy atom. The minimum absolute atomic E-state index is 0.621. The number of para-hydroxylation sites is 2. The van der Waals surface area contributed by atoms with Crippen LogP contribution in [0.25, 0.3) is 99.9 Å². The van der Waals surface area contributed by atoms with Crippen molar-refractivity contribution >= 4 is 43.5 Å². The maximum atomic E-state index is 6.48. The maximum Gasteiger partial charge on any atom is 0.165 e. The Bertz CT molecular complexity index is 2910. The van der Waals surface area contributed by atoms with Gasteiger partial charge in [-0.15, -0.1) is 0 Å². The molecule has 4 heteroatoms. The standard InChI is InChI=1S/C47H29N3O/c1-3-14-30(15-4-1)34-27-26-31-16-7-8-19-33(31)43(34)47-49-45(32-17-5-2-6-18-32)48-46(50-47)41-29-28-37(35-20-9-10-21-36(35)41)39-23-13-24-40-38-22-11-12-25-42(38)51-44(39)40/h1-29H. The second-order valence-electron chi connectivity index (χ2n) is 12.7. The zero-order chi connectivity index (χ0) is 33.7. The lowest BCUT2D eigenvalue weighted by atomic mass is 9.93. The highest BCUT2D eigenvalue weighted by Gasteiger charge is 2.21. The molecule has 0 bridgehead atoms. The van der Waals surface area contributed by atoms with Crippen molar-refractivity contribution in [2.75, 3.05) is 0 Å². The lowest BCUT2D eigenvalue weighted by Gasteiger charge is -2.16. The van der Waals surface area contributed by atoms with Gasteiger partial charge in [-0.2, -0.15) is 0 Å². The van der Waals surface area contributed by atoms with E-state index >= 15 is 0 Å². The Labute approximate surface area is 294 Å². The molecule has 51 heavy (non-hydrogen) atoms. The van der Waals surface area contributed by atoms with E-state index in [9.17, 15) is 0 Å². The van der Waals surface area contributed by atoms with Gasteiger partial charge in [0.05, 0.1) is 0 Å². The second kappa shape index (κ2) is 11.9.